The van der Waals surface area contributed by atoms with E-state index in [4.69, 9.17) is 5.73 Å². The summed E-state index contributed by atoms with van der Waals surface area (Å²) >= 11 is 0. The van der Waals surface area contributed by atoms with E-state index in [1.807, 2.05) is 49.4 Å². The first-order valence-electron chi connectivity index (χ1n) is 7.39. The van der Waals surface area contributed by atoms with Gasteiger partial charge in [0, 0.05) is 23.7 Å². The van der Waals surface area contributed by atoms with Crippen molar-refractivity contribution >= 4 is 23.4 Å². The molecular formula is C17H18N4O2. The maximum atomic E-state index is 12.2. The Labute approximate surface area is 134 Å². The van der Waals surface area contributed by atoms with Gasteiger partial charge in [0.2, 0.25) is 0 Å². The Kier molecular flexibility index (Phi) is 3.89. The third kappa shape index (κ3) is 2.96. The molecule has 0 aliphatic carbocycles. The van der Waals surface area contributed by atoms with E-state index >= 15 is 0 Å². The standard InChI is InChI=1S/C17H18N4O2/c1-11-10-21(17(23)19-11)15-9-5-3-7-13(15)12-6-2-4-8-14(12)20-16(18)22/h2-9,11H,10H2,1H3,(H,19,23)(H3,18,20,22). The Balaban J connectivity index is 2.08. The minimum absolute atomic E-state index is 0.0922. The summed E-state index contributed by atoms with van der Waals surface area (Å²) in [5, 5.41) is 5.52. The van der Waals surface area contributed by atoms with Crippen molar-refractivity contribution in [2.24, 2.45) is 5.73 Å². The van der Waals surface area contributed by atoms with Gasteiger partial charge in [0.1, 0.15) is 0 Å². The van der Waals surface area contributed by atoms with Crippen molar-refractivity contribution in [3.63, 3.8) is 0 Å². The van der Waals surface area contributed by atoms with E-state index in [-0.39, 0.29) is 12.1 Å². The van der Waals surface area contributed by atoms with Gasteiger partial charge in [-0.05, 0) is 19.1 Å². The zero-order chi connectivity index (χ0) is 16.4. The van der Waals surface area contributed by atoms with E-state index in [0.29, 0.717) is 12.2 Å². The summed E-state index contributed by atoms with van der Waals surface area (Å²) in [5.74, 6) is 0. The number of amides is 4. The number of rotatable bonds is 3. The molecule has 1 aliphatic heterocycles. The number of nitrogens with zero attached hydrogens (tertiary/aromatic N) is 1. The van der Waals surface area contributed by atoms with E-state index in [1.54, 1.807) is 11.0 Å². The second-order valence-corrected chi connectivity index (χ2v) is 5.51. The predicted molar refractivity (Wildman–Crippen MR) is 90.4 cm³/mol. The molecule has 4 N–H and O–H groups in total. The molecule has 4 amide bonds. The van der Waals surface area contributed by atoms with Gasteiger partial charge in [0.25, 0.3) is 0 Å². The Morgan fingerprint density at radius 3 is 2.48 bits per heavy atom. The molecule has 23 heavy (non-hydrogen) atoms. The second-order valence-electron chi connectivity index (χ2n) is 5.51. The molecule has 6 heteroatoms. The summed E-state index contributed by atoms with van der Waals surface area (Å²) in [6.07, 6.45) is 0. The van der Waals surface area contributed by atoms with Gasteiger partial charge in [0.15, 0.2) is 0 Å². The number of hydrogen-bond acceptors (Lipinski definition) is 2. The average molecular weight is 310 g/mol. The van der Waals surface area contributed by atoms with Crippen molar-refractivity contribution in [3.8, 4) is 11.1 Å². The Hall–Kier alpha value is -3.02. The van der Waals surface area contributed by atoms with E-state index in [1.165, 1.54) is 0 Å². The van der Waals surface area contributed by atoms with Crippen molar-refractivity contribution in [2.45, 2.75) is 13.0 Å². The lowest BCUT2D eigenvalue weighted by atomic mass is 10.0. The minimum Gasteiger partial charge on any atom is -0.351 e. The van der Waals surface area contributed by atoms with E-state index in [9.17, 15) is 9.59 Å². The van der Waals surface area contributed by atoms with Crippen LogP contribution >= 0.6 is 0 Å². The number of primary amides is 1. The van der Waals surface area contributed by atoms with Gasteiger partial charge in [0.05, 0.1) is 11.4 Å². The summed E-state index contributed by atoms with van der Waals surface area (Å²) < 4.78 is 0. The van der Waals surface area contributed by atoms with Crippen LogP contribution in [0.1, 0.15) is 6.92 Å². The monoisotopic (exact) mass is 310 g/mol. The average Bonchev–Trinajstić information content (AvgIpc) is 2.86. The normalized spacial score (nSPS) is 17.0. The molecule has 2 aromatic carbocycles. The van der Waals surface area contributed by atoms with Gasteiger partial charge in [-0.1, -0.05) is 36.4 Å². The summed E-state index contributed by atoms with van der Waals surface area (Å²) in [7, 11) is 0. The van der Waals surface area contributed by atoms with Crippen LogP contribution < -0.4 is 21.3 Å². The molecule has 0 spiro atoms. The minimum atomic E-state index is -0.623. The summed E-state index contributed by atoms with van der Waals surface area (Å²) in [4.78, 5) is 25.1. The molecule has 118 valence electrons. The number of carbonyl (C=O) groups is 2. The lowest BCUT2D eigenvalue weighted by molar-refractivity contribution is 0.251. The third-order valence-electron chi connectivity index (χ3n) is 3.74. The first-order chi connectivity index (χ1) is 11.1. The third-order valence-corrected chi connectivity index (χ3v) is 3.74. The fourth-order valence-electron chi connectivity index (χ4n) is 2.80. The van der Waals surface area contributed by atoms with Crippen LogP contribution in [-0.4, -0.2) is 24.6 Å². The smallest absolute Gasteiger partial charge is 0.322 e. The molecule has 3 rings (SSSR count). The SMILES string of the molecule is CC1CN(c2ccccc2-c2ccccc2NC(N)=O)C(=O)N1. The van der Waals surface area contributed by atoms with Gasteiger partial charge in [-0.2, -0.15) is 0 Å². The highest BCUT2D eigenvalue weighted by molar-refractivity contribution is 6.01. The zero-order valence-corrected chi connectivity index (χ0v) is 12.7. The molecule has 2 aromatic rings. The first-order valence-corrected chi connectivity index (χ1v) is 7.39. The molecule has 0 saturated carbocycles. The molecule has 6 nitrogen and oxygen atoms in total. The Morgan fingerprint density at radius 2 is 1.83 bits per heavy atom. The van der Waals surface area contributed by atoms with Crippen LogP contribution in [0.2, 0.25) is 0 Å². The Bertz CT molecular complexity index is 760. The largest absolute Gasteiger partial charge is 0.351 e. The van der Waals surface area contributed by atoms with Crippen LogP contribution in [0.3, 0.4) is 0 Å². The molecule has 1 atom stereocenters. The van der Waals surface area contributed by atoms with Gasteiger partial charge < -0.3 is 16.4 Å². The number of nitrogens with two attached hydrogens (primary N) is 1. The number of para-hydroxylation sites is 2. The predicted octanol–water partition coefficient (Wildman–Crippen LogP) is 2.76. The quantitative estimate of drug-likeness (QED) is 0.814. The number of hydrogen-bond donors (Lipinski definition) is 3. The maximum absolute atomic E-state index is 12.2. The number of urea groups is 2. The fourth-order valence-corrected chi connectivity index (χ4v) is 2.80. The van der Waals surface area contributed by atoms with E-state index in [2.05, 4.69) is 10.6 Å². The Morgan fingerprint density at radius 1 is 1.17 bits per heavy atom. The molecule has 0 bridgehead atoms. The van der Waals surface area contributed by atoms with Crippen molar-refractivity contribution in [3.05, 3.63) is 48.5 Å². The van der Waals surface area contributed by atoms with Crippen molar-refractivity contribution in [2.75, 3.05) is 16.8 Å². The van der Waals surface area contributed by atoms with Crippen LogP contribution in [-0.2, 0) is 0 Å². The van der Waals surface area contributed by atoms with E-state index in [0.717, 1.165) is 16.8 Å². The maximum Gasteiger partial charge on any atom is 0.322 e. The van der Waals surface area contributed by atoms with Gasteiger partial charge in [-0.25, -0.2) is 9.59 Å². The van der Waals surface area contributed by atoms with Crippen LogP contribution in [0, 0.1) is 0 Å². The van der Waals surface area contributed by atoms with Gasteiger partial charge in [-0.15, -0.1) is 0 Å². The molecular weight excluding hydrogens is 292 g/mol. The first kappa shape index (κ1) is 14.9. The summed E-state index contributed by atoms with van der Waals surface area (Å²) in [6.45, 7) is 2.56. The highest BCUT2D eigenvalue weighted by atomic mass is 16.2. The topological polar surface area (TPSA) is 87.5 Å². The van der Waals surface area contributed by atoms with Crippen LogP contribution in [0.5, 0.6) is 0 Å². The van der Waals surface area contributed by atoms with Gasteiger partial charge in [-0.3, -0.25) is 4.90 Å². The lowest BCUT2D eigenvalue weighted by Crippen LogP contribution is -2.28. The van der Waals surface area contributed by atoms with Gasteiger partial charge >= 0.3 is 12.1 Å². The molecule has 1 aliphatic rings. The molecule has 1 heterocycles. The fraction of sp³-hybridized carbons (Fsp3) is 0.176. The van der Waals surface area contributed by atoms with Crippen LogP contribution in [0.25, 0.3) is 11.1 Å². The van der Waals surface area contributed by atoms with Crippen LogP contribution in [0.4, 0.5) is 21.0 Å². The molecule has 1 saturated heterocycles. The molecule has 1 fully saturated rings. The number of nitrogens with one attached hydrogen (secondary N) is 2. The van der Waals surface area contributed by atoms with Crippen molar-refractivity contribution < 1.29 is 9.59 Å². The number of carbonyl (C=O) groups excluding carboxylic acids is 2. The summed E-state index contributed by atoms with van der Waals surface area (Å²) in [5.41, 5.74) is 8.33. The van der Waals surface area contributed by atoms with Crippen molar-refractivity contribution in [1.29, 1.82) is 0 Å². The van der Waals surface area contributed by atoms with Crippen LogP contribution in [0.15, 0.2) is 48.5 Å². The van der Waals surface area contributed by atoms with E-state index < -0.39 is 6.03 Å². The number of anilines is 2. The second kappa shape index (κ2) is 6.00. The van der Waals surface area contributed by atoms with Crippen molar-refractivity contribution in [1.82, 2.24) is 5.32 Å². The summed E-state index contributed by atoms with van der Waals surface area (Å²) in [6, 6.07) is 14.3. The highest BCUT2D eigenvalue weighted by Gasteiger charge is 2.28. The highest BCUT2D eigenvalue weighted by Crippen LogP contribution is 2.36. The molecule has 1 unspecified atom stereocenters. The molecule has 0 radical (unpaired) electrons. The lowest BCUT2D eigenvalue weighted by Gasteiger charge is -2.20. The molecule has 0 aromatic heterocycles. The zero-order valence-electron chi connectivity index (χ0n) is 12.7. The number of benzene rings is 2.